The molecule has 2 aromatic rings. The van der Waals surface area contributed by atoms with E-state index < -0.39 is 11.6 Å². The number of hydrogen-bond donors (Lipinski definition) is 0. The van der Waals surface area contributed by atoms with Crippen LogP contribution in [0.3, 0.4) is 0 Å². The van der Waals surface area contributed by atoms with Crippen molar-refractivity contribution in [1.82, 2.24) is 0 Å². The zero-order chi connectivity index (χ0) is 14.5. The van der Waals surface area contributed by atoms with E-state index in [4.69, 9.17) is 4.74 Å². The van der Waals surface area contributed by atoms with Crippen molar-refractivity contribution in [1.29, 1.82) is 0 Å². The summed E-state index contributed by atoms with van der Waals surface area (Å²) < 4.78 is 31.0. The van der Waals surface area contributed by atoms with Crippen LogP contribution in [0.4, 0.5) is 8.78 Å². The van der Waals surface area contributed by atoms with Crippen LogP contribution in [-0.4, -0.2) is 12.9 Å². The van der Waals surface area contributed by atoms with Crippen LogP contribution in [0.15, 0.2) is 42.5 Å². The molecule has 0 heterocycles. The van der Waals surface area contributed by atoms with E-state index in [2.05, 4.69) is 0 Å². The summed E-state index contributed by atoms with van der Waals surface area (Å²) in [4.78, 5) is 11.9. The van der Waals surface area contributed by atoms with Crippen molar-refractivity contribution in [3.63, 3.8) is 0 Å². The molecule has 0 saturated carbocycles. The first-order chi connectivity index (χ1) is 9.60. The summed E-state index contributed by atoms with van der Waals surface area (Å²) in [5, 5.41) is 0. The topological polar surface area (TPSA) is 26.3 Å². The van der Waals surface area contributed by atoms with Crippen LogP contribution in [0.2, 0.25) is 0 Å². The molecule has 0 saturated heterocycles. The number of methoxy groups -OCH3 is 1. The van der Waals surface area contributed by atoms with Crippen molar-refractivity contribution < 1.29 is 18.3 Å². The van der Waals surface area contributed by atoms with Gasteiger partial charge in [-0.25, -0.2) is 8.78 Å². The lowest BCUT2D eigenvalue weighted by atomic mass is 10.0. The van der Waals surface area contributed by atoms with Crippen LogP contribution in [0.1, 0.15) is 22.3 Å². The molecular weight excluding hydrogens is 262 g/mol. The zero-order valence-electron chi connectivity index (χ0n) is 11.0. The SMILES string of the molecule is COc1cccc(CCC(=O)c2ccc(F)c(F)c2)c1. The fourth-order valence-corrected chi connectivity index (χ4v) is 1.90. The number of hydrogen-bond acceptors (Lipinski definition) is 2. The van der Waals surface area contributed by atoms with Gasteiger partial charge in [0.25, 0.3) is 0 Å². The first-order valence-electron chi connectivity index (χ1n) is 6.21. The molecule has 0 fully saturated rings. The molecule has 2 aromatic carbocycles. The number of rotatable bonds is 5. The van der Waals surface area contributed by atoms with Crippen molar-refractivity contribution in [2.24, 2.45) is 0 Å². The lowest BCUT2D eigenvalue weighted by Gasteiger charge is -2.05. The minimum absolute atomic E-state index is 0.187. The van der Waals surface area contributed by atoms with Crippen LogP contribution in [-0.2, 0) is 6.42 Å². The van der Waals surface area contributed by atoms with Crippen LogP contribution in [0.5, 0.6) is 5.75 Å². The van der Waals surface area contributed by atoms with E-state index in [1.165, 1.54) is 6.07 Å². The first-order valence-corrected chi connectivity index (χ1v) is 6.21. The first kappa shape index (κ1) is 14.2. The molecule has 0 aliphatic carbocycles. The Morgan fingerprint density at radius 1 is 1.10 bits per heavy atom. The highest BCUT2D eigenvalue weighted by molar-refractivity contribution is 5.96. The van der Waals surface area contributed by atoms with Gasteiger partial charge in [0.2, 0.25) is 0 Å². The molecule has 0 amide bonds. The highest BCUT2D eigenvalue weighted by Gasteiger charge is 2.10. The number of carbonyl (C=O) groups excluding carboxylic acids is 1. The maximum atomic E-state index is 13.1. The average Bonchev–Trinajstić information content (AvgIpc) is 2.47. The Kier molecular flexibility index (Phi) is 4.45. The minimum Gasteiger partial charge on any atom is -0.497 e. The Morgan fingerprint density at radius 2 is 1.90 bits per heavy atom. The second kappa shape index (κ2) is 6.28. The van der Waals surface area contributed by atoms with Gasteiger partial charge in [0, 0.05) is 12.0 Å². The molecule has 104 valence electrons. The molecule has 0 spiro atoms. The van der Waals surface area contributed by atoms with Crippen LogP contribution in [0, 0.1) is 11.6 Å². The van der Waals surface area contributed by atoms with Crippen LogP contribution < -0.4 is 4.74 Å². The van der Waals surface area contributed by atoms with Crippen molar-refractivity contribution in [2.75, 3.05) is 7.11 Å². The van der Waals surface area contributed by atoms with Crippen molar-refractivity contribution in [2.45, 2.75) is 12.8 Å². The lowest BCUT2D eigenvalue weighted by Crippen LogP contribution is -2.02. The maximum Gasteiger partial charge on any atom is 0.163 e. The summed E-state index contributed by atoms with van der Waals surface area (Å²) in [5.41, 5.74) is 1.15. The third-order valence-electron chi connectivity index (χ3n) is 3.02. The molecule has 0 atom stereocenters. The van der Waals surface area contributed by atoms with E-state index in [9.17, 15) is 13.6 Å². The molecule has 0 N–H and O–H groups in total. The van der Waals surface area contributed by atoms with Gasteiger partial charge in [0.05, 0.1) is 7.11 Å². The Labute approximate surface area is 116 Å². The fourth-order valence-electron chi connectivity index (χ4n) is 1.90. The molecule has 0 bridgehead atoms. The van der Waals surface area contributed by atoms with Gasteiger partial charge in [-0.2, -0.15) is 0 Å². The number of benzene rings is 2. The Hall–Kier alpha value is -2.23. The Morgan fingerprint density at radius 3 is 2.60 bits per heavy atom. The van der Waals surface area contributed by atoms with E-state index in [1.54, 1.807) is 7.11 Å². The van der Waals surface area contributed by atoms with Crippen LogP contribution >= 0.6 is 0 Å². The molecule has 0 aliphatic heterocycles. The number of ether oxygens (including phenoxy) is 1. The number of halogens is 2. The lowest BCUT2D eigenvalue weighted by molar-refractivity contribution is 0.0982. The molecule has 2 nitrogen and oxygen atoms in total. The van der Waals surface area contributed by atoms with Gasteiger partial charge in [-0.1, -0.05) is 12.1 Å². The van der Waals surface area contributed by atoms with Gasteiger partial charge >= 0.3 is 0 Å². The molecule has 2 rings (SSSR count). The largest absolute Gasteiger partial charge is 0.497 e. The van der Waals surface area contributed by atoms with Gasteiger partial charge in [0.15, 0.2) is 17.4 Å². The fraction of sp³-hybridized carbons (Fsp3) is 0.188. The Bertz CT molecular complexity index is 624. The van der Waals surface area contributed by atoms with E-state index in [0.29, 0.717) is 6.42 Å². The predicted octanol–water partition coefficient (Wildman–Crippen LogP) is 3.79. The normalized spacial score (nSPS) is 10.3. The van der Waals surface area contributed by atoms with Gasteiger partial charge < -0.3 is 4.74 Å². The predicted molar refractivity (Wildman–Crippen MR) is 72.0 cm³/mol. The van der Waals surface area contributed by atoms with Crippen molar-refractivity contribution >= 4 is 5.78 Å². The number of Topliss-reactive ketones (excluding diaryl/α,β-unsaturated/α-hetero) is 1. The van der Waals surface area contributed by atoms with E-state index in [0.717, 1.165) is 23.4 Å². The van der Waals surface area contributed by atoms with Gasteiger partial charge in [0.1, 0.15) is 5.75 Å². The van der Waals surface area contributed by atoms with Crippen molar-refractivity contribution in [3.05, 3.63) is 65.2 Å². The molecule has 0 aromatic heterocycles. The van der Waals surface area contributed by atoms with E-state index in [1.807, 2.05) is 24.3 Å². The molecule has 0 radical (unpaired) electrons. The molecule has 0 unspecified atom stereocenters. The van der Waals surface area contributed by atoms with E-state index >= 15 is 0 Å². The molecule has 20 heavy (non-hydrogen) atoms. The minimum atomic E-state index is -1.00. The number of ketones is 1. The average molecular weight is 276 g/mol. The summed E-state index contributed by atoms with van der Waals surface area (Å²) in [6, 6.07) is 10.6. The van der Waals surface area contributed by atoms with Crippen molar-refractivity contribution in [3.8, 4) is 5.75 Å². The third kappa shape index (κ3) is 3.41. The van der Waals surface area contributed by atoms with Gasteiger partial charge in [-0.15, -0.1) is 0 Å². The molecule has 4 heteroatoms. The number of aryl methyl sites for hydroxylation is 1. The summed E-state index contributed by atoms with van der Waals surface area (Å²) in [6.45, 7) is 0. The van der Waals surface area contributed by atoms with Crippen LogP contribution in [0.25, 0.3) is 0 Å². The molecular formula is C16H14F2O2. The highest BCUT2D eigenvalue weighted by Crippen LogP contribution is 2.16. The second-order valence-electron chi connectivity index (χ2n) is 4.40. The zero-order valence-corrected chi connectivity index (χ0v) is 11.0. The summed E-state index contributed by atoms with van der Waals surface area (Å²) in [6.07, 6.45) is 0.757. The highest BCUT2D eigenvalue weighted by atomic mass is 19.2. The summed E-state index contributed by atoms with van der Waals surface area (Å²) >= 11 is 0. The van der Waals surface area contributed by atoms with Gasteiger partial charge in [-0.3, -0.25) is 4.79 Å². The standard InChI is InChI=1S/C16H14F2O2/c1-20-13-4-2-3-11(9-13)5-8-16(19)12-6-7-14(17)15(18)10-12/h2-4,6-7,9-10H,5,8H2,1H3. The second-order valence-corrected chi connectivity index (χ2v) is 4.40. The summed E-state index contributed by atoms with van der Waals surface area (Å²) in [5.74, 6) is -1.44. The quantitative estimate of drug-likeness (QED) is 0.777. The number of carbonyl (C=O) groups is 1. The third-order valence-corrected chi connectivity index (χ3v) is 3.02. The maximum absolute atomic E-state index is 13.1. The van der Waals surface area contributed by atoms with Gasteiger partial charge in [-0.05, 0) is 42.3 Å². The monoisotopic (exact) mass is 276 g/mol. The molecule has 0 aliphatic rings. The summed E-state index contributed by atoms with van der Waals surface area (Å²) in [7, 11) is 1.57. The Balaban J connectivity index is 2.02. The smallest absolute Gasteiger partial charge is 0.163 e. The van der Waals surface area contributed by atoms with E-state index in [-0.39, 0.29) is 17.8 Å².